The first-order valence-electron chi connectivity index (χ1n) is 8.98. The molecule has 1 aromatic rings. The summed E-state index contributed by atoms with van der Waals surface area (Å²) in [6.45, 7) is 14.6. The van der Waals surface area contributed by atoms with E-state index in [1.54, 1.807) is 32.3 Å². The highest BCUT2D eigenvalue weighted by Crippen LogP contribution is 2.32. The van der Waals surface area contributed by atoms with Crippen molar-refractivity contribution in [1.82, 2.24) is 9.88 Å². The van der Waals surface area contributed by atoms with Gasteiger partial charge in [-0.3, -0.25) is 0 Å². The lowest BCUT2D eigenvalue weighted by Crippen LogP contribution is -2.36. The van der Waals surface area contributed by atoms with Gasteiger partial charge in [0.25, 0.3) is 0 Å². The minimum absolute atomic E-state index is 0.0569. The highest BCUT2D eigenvalue weighted by Gasteiger charge is 2.26. The molecule has 1 amide bonds. The van der Waals surface area contributed by atoms with Gasteiger partial charge >= 0.3 is 12.1 Å². The zero-order valence-corrected chi connectivity index (χ0v) is 18.0. The van der Waals surface area contributed by atoms with Gasteiger partial charge in [0.1, 0.15) is 17.1 Å². The molecule has 1 aromatic heterocycles. The lowest BCUT2D eigenvalue weighted by atomic mass is 10.0. The summed E-state index contributed by atoms with van der Waals surface area (Å²) in [5.41, 5.74) is 0.0543. The van der Waals surface area contributed by atoms with Crippen molar-refractivity contribution in [3.05, 3.63) is 17.3 Å². The van der Waals surface area contributed by atoms with Gasteiger partial charge in [-0.2, -0.15) is 0 Å². The number of amidine groups is 1. The first-order chi connectivity index (χ1) is 12.9. The van der Waals surface area contributed by atoms with E-state index in [1.807, 2.05) is 13.8 Å². The summed E-state index contributed by atoms with van der Waals surface area (Å²) in [5, 5.41) is 12.3. The standard InChI is InChI=1S/C19H29ClN4O4/c1-11(2)8-13(10-22-18(27)28-19(4,5)6)24-14(16(25)26)9-12(3)15(24)23-17(20)21-7/h9,11,13H,7-8,10H2,1-6H3,(H,22,27)(H,25,26)/b23-17-/t13-/m0/s1. The summed E-state index contributed by atoms with van der Waals surface area (Å²) >= 11 is 5.91. The minimum atomic E-state index is -1.10. The second-order valence-electron chi connectivity index (χ2n) is 7.92. The highest BCUT2D eigenvalue weighted by atomic mass is 35.5. The molecule has 0 aliphatic heterocycles. The number of ether oxygens (including phenoxy) is 1. The van der Waals surface area contributed by atoms with Gasteiger partial charge in [0.2, 0.25) is 5.29 Å². The Morgan fingerprint density at radius 1 is 1.39 bits per heavy atom. The number of hydrogen-bond acceptors (Lipinski definition) is 4. The van der Waals surface area contributed by atoms with E-state index in [0.29, 0.717) is 17.8 Å². The number of carbonyl (C=O) groups excluding carboxylic acids is 1. The number of carbonyl (C=O) groups is 2. The van der Waals surface area contributed by atoms with Crippen LogP contribution in [0.4, 0.5) is 10.6 Å². The summed E-state index contributed by atoms with van der Waals surface area (Å²) < 4.78 is 6.85. The van der Waals surface area contributed by atoms with Gasteiger partial charge in [0.05, 0.1) is 6.04 Å². The molecule has 0 saturated carbocycles. The van der Waals surface area contributed by atoms with Crippen molar-refractivity contribution in [2.75, 3.05) is 6.54 Å². The molecule has 0 aliphatic carbocycles. The third-order valence-electron chi connectivity index (χ3n) is 3.73. The Labute approximate surface area is 170 Å². The maximum Gasteiger partial charge on any atom is 0.407 e. The Morgan fingerprint density at radius 3 is 2.46 bits per heavy atom. The Hall–Kier alpha value is -2.35. The van der Waals surface area contributed by atoms with Crippen LogP contribution in [0.15, 0.2) is 16.1 Å². The fourth-order valence-corrected chi connectivity index (χ4v) is 2.86. The number of rotatable bonds is 7. The van der Waals surface area contributed by atoms with Gasteiger partial charge in [0.15, 0.2) is 0 Å². The van der Waals surface area contributed by atoms with E-state index < -0.39 is 17.7 Å². The number of aliphatic imine (C=N–C) groups is 2. The fraction of sp³-hybridized carbons (Fsp3) is 0.579. The topological polar surface area (TPSA) is 105 Å². The largest absolute Gasteiger partial charge is 0.477 e. The SMILES string of the molecule is C=N/C(Cl)=N\c1c(C)cc(C(=O)O)n1[C@H](CNC(=O)OC(C)(C)C)CC(C)C. The van der Waals surface area contributed by atoms with Crippen LogP contribution in [-0.4, -0.2) is 45.9 Å². The fourth-order valence-electron chi connectivity index (χ4n) is 2.78. The Balaban J connectivity index is 3.34. The smallest absolute Gasteiger partial charge is 0.407 e. The van der Waals surface area contributed by atoms with Gasteiger partial charge in [-0.05, 0) is 70.0 Å². The second-order valence-corrected chi connectivity index (χ2v) is 8.25. The van der Waals surface area contributed by atoms with Gasteiger partial charge in [0, 0.05) is 6.54 Å². The number of nitrogens with one attached hydrogen (secondary N) is 1. The molecule has 0 radical (unpaired) electrons. The number of nitrogens with zero attached hydrogens (tertiary/aromatic N) is 3. The molecule has 1 heterocycles. The molecule has 2 N–H and O–H groups in total. The predicted molar refractivity (Wildman–Crippen MR) is 111 cm³/mol. The van der Waals surface area contributed by atoms with E-state index in [9.17, 15) is 14.7 Å². The molecular formula is C19H29ClN4O4. The summed E-state index contributed by atoms with van der Waals surface area (Å²) in [7, 11) is 0. The molecule has 1 atom stereocenters. The van der Waals surface area contributed by atoms with Crippen LogP contribution in [0.2, 0.25) is 0 Å². The monoisotopic (exact) mass is 412 g/mol. The number of aryl methyl sites for hydroxylation is 1. The van der Waals surface area contributed by atoms with Crippen molar-refractivity contribution in [2.45, 2.75) is 59.6 Å². The van der Waals surface area contributed by atoms with Crippen LogP contribution in [0.5, 0.6) is 0 Å². The lowest BCUT2D eigenvalue weighted by Gasteiger charge is -2.26. The predicted octanol–water partition coefficient (Wildman–Crippen LogP) is 4.53. The Morgan fingerprint density at radius 2 is 2.00 bits per heavy atom. The second kappa shape index (κ2) is 9.73. The van der Waals surface area contributed by atoms with Gasteiger partial charge < -0.3 is 19.7 Å². The van der Waals surface area contributed by atoms with E-state index in [2.05, 4.69) is 22.0 Å². The highest BCUT2D eigenvalue weighted by molar-refractivity contribution is 6.65. The Bertz CT molecular complexity index is 763. The average Bonchev–Trinajstić information content (AvgIpc) is 2.86. The van der Waals surface area contributed by atoms with Crippen LogP contribution in [0.3, 0.4) is 0 Å². The quantitative estimate of drug-likeness (QED) is 0.389. The number of carboxylic acid groups (broad SMARTS) is 1. The summed E-state index contributed by atoms with van der Waals surface area (Å²) in [6, 6.07) is 1.15. The van der Waals surface area contributed by atoms with Crippen molar-refractivity contribution in [3.63, 3.8) is 0 Å². The van der Waals surface area contributed by atoms with Crippen LogP contribution < -0.4 is 5.32 Å². The minimum Gasteiger partial charge on any atom is -0.477 e. The molecule has 156 valence electrons. The number of aromatic nitrogens is 1. The average molecular weight is 413 g/mol. The van der Waals surface area contributed by atoms with E-state index in [4.69, 9.17) is 16.3 Å². The summed E-state index contributed by atoms with van der Waals surface area (Å²) in [5.74, 6) is -0.496. The molecule has 0 aromatic carbocycles. The van der Waals surface area contributed by atoms with Crippen LogP contribution >= 0.6 is 11.6 Å². The van der Waals surface area contributed by atoms with Crippen molar-refractivity contribution in [2.24, 2.45) is 15.9 Å². The first-order valence-corrected chi connectivity index (χ1v) is 9.36. The third kappa shape index (κ3) is 6.99. The molecule has 8 nitrogen and oxygen atoms in total. The lowest BCUT2D eigenvalue weighted by molar-refractivity contribution is 0.0518. The first kappa shape index (κ1) is 23.7. The van der Waals surface area contributed by atoms with Crippen LogP contribution in [0.25, 0.3) is 0 Å². The van der Waals surface area contributed by atoms with E-state index in [0.717, 1.165) is 0 Å². The van der Waals surface area contributed by atoms with Crippen LogP contribution in [-0.2, 0) is 4.74 Å². The molecular weight excluding hydrogens is 384 g/mol. The zero-order valence-electron chi connectivity index (χ0n) is 17.2. The van der Waals surface area contributed by atoms with Crippen molar-refractivity contribution in [3.8, 4) is 0 Å². The molecule has 0 bridgehead atoms. The molecule has 1 rings (SSSR count). The van der Waals surface area contributed by atoms with Crippen LogP contribution in [0, 0.1) is 12.8 Å². The van der Waals surface area contributed by atoms with Crippen molar-refractivity contribution in [1.29, 1.82) is 0 Å². The number of halogens is 1. The van der Waals surface area contributed by atoms with E-state index in [-0.39, 0.29) is 29.5 Å². The number of aromatic carboxylic acids is 1. The third-order valence-corrected chi connectivity index (χ3v) is 3.93. The molecule has 0 spiro atoms. The molecule has 0 unspecified atom stereocenters. The number of carboxylic acids is 1. The summed E-state index contributed by atoms with van der Waals surface area (Å²) in [4.78, 5) is 31.7. The van der Waals surface area contributed by atoms with Crippen molar-refractivity contribution >= 4 is 41.5 Å². The molecule has 9 heteroatoms. The van der Waals surface area contributed by atoms with Gasteiger partial charge in [-0.25, -0.2) is 19.6 Å². The van der Waals surface area contributed by atoms with Gasteiger partial charge in [-0.15, -0.1) is 0 Å². The summed E-state index contributed by atoms with van der Waals surface area (Å²) in [6.07, 6.45) is 0.0316. The number of amides is 1. The maximum atomic E-state index is 12.1. The normalized spacial score (nSPS) is 13.4. The molecule has 0 saturated heterocycles. The van der Waals surface area contributed by atoms with E-state index in [1.165, 1.54) is 6.07 Å². The molecule has 28 heavy (non-hydrogen) atoms. The number of hydrogen-bond donors (Lipinski definition) is 2. The zero-order chi connectivity index (χ0) is 21.6. The molecule has 0 aliphatic rings. The Kier molecular flexibility index (Phi) is 8.23. The van der Waals surface area contributed by atoms with Crippen LogP contribution in [0.1, 0.15) is 63.1 Å². The van der Waals surface area contributed by atoms with E-state index >= 15 is 0 Å². The maximum absolute atomic E-state index is 12.1. The molecule has 0 fully saturated rings. The number of alkyl carbamates (subject to hydrolysis) is 1. The van der Waals surface area contributed by atoms with Gasteiger partial charge in [-0.1, -0.05) is 13.8 Å². The van der Waals surface area contributed by atoms with Crippen molar-refractivity contribution < 1.29 is 19.4 Å².